The van der Waals surface area contributed by atoms with Crippen LogP contribution in [0.15, 0.2) is 42.6 Å². The van der Waals surface area contributed by atoms with E-state index in [1.165, 1.54) is 6.20 Å². The van der Waals surface area contributed by atoms with Crippen LogP contribution in [0.2, 0.25) is 5.15 Å². The Balaban J connectivity index is 2.09. The molecule has 1 heterocycles. The number of carbonyl (C=O) groups excluding carboxylic acids is 1. The first kappa shape index (κ1) is 12.6. The molecule has 2 aromatic rings. The van der Waals surface area contributed by atoms with E-state index in [0.717, 1.165) is 5.56 Å². The summed E-state index contributed by atoms with van der Waals surface area (Å²) in [6.07, 6.45) is 2.54. The van der Waals surface area contributed by atoms with Crippen LogP contribution in [0.3, 0.4) is 0 Å². The molecular weight excluding hydrogens is 248 g/mol. The van der Waals surface area contributed by atoms with E-state index in [1.807, 2.05) is 30.3 Å². The molecule has 1 aromatic carbocycles. The van der Waals surface area contributed by atoms with Crippen LogP contribution in [-0.2, 0) is 6.42 Å². The van der Waals surface area contributed by atoms with Crippen LogP contribution in [-0.4, -0.2) is 10.8 Å². The number of nitrogen functional groups attached to an aromatic ring is 1. The van der Waals surface area contributed by atoms with Crippen LogP contribution >= 0.6 is 11.6 Å². The van der Waals surface area contributed by atoms with Crippen molar-refractivity contribution in [1.29, 1.82) is 0 Å². The third-order valence-electron chi connectivity index (χ3n) is 2.70. The average molecular weight is 261 g/mol. The van der Waals surface area contributed by atoms with Gasteiger partial charge in [0.2, 0.25) is 0 Å². The Bertz CT molecular complexity index is 535. The van der Waals surface area contributed by atoms with Gasteiger partial charge in [0.05, 0.1) is 5.56 Å². The minimum absolute atomic E-state index is 0.0746. The van der Waals surface area contributed by atoms with Crippen molar-refractivity contribution in [2.45, 2.75) is 12.8 Å². The number of carbonyl (C=O) groups is 1. The second-order valence-electron chi connectivity index (χ2n) is 3.97. The second kappa shape index (κ2) is 5.65. The number of hydrogen-bond acceptors (Lipinski definition) is 3. The number of aromatic nitrogens is 1. The molecule has 0 radical (unpaired) electrons. The van der Waals surface area contributed by atoms with Gasteiger partial charge in [-0.3, -0.25) is 4.79 Å². The van der Waals surface area contributed by atoms with Gasteiger partial charge in [0.25, 0.3) is 0 Å². The quantitative estimate of drug-likeness (QED) is 0.679. The average Bonchev–Trinajstić information content (AvgIpc) is 2.37. The van der Waals surface area contributed by atoms with Crippen molar-refractivity contribution in [3.8, 4) is 0 Å². The van der Waals surface area contributed by atoms with Gasteiger partial charge in [0.15, 0.2) is 5.78 Å². The van der Waals surface area contributed by atoms with Gasteiger partial charge in [-0.25, -0.2) is 4.98 Å². The summed E-state index contributed by atoms with van der Waals surface area (Å²) in [6, 6.07) is 11.4. The Morgan fingerprint density at radius 2 is 1.94 bits per heavy atom. The van der Waals surface area contributed by atoms with Crippen LogP contribution in [0, 0.1) is 0 Å². The van der Waals surface area contributed by atoms with Gasteiger partial charge in [-0.2, -0.15) is 0 Å². The SMILES string of the molecule is Nc1ccnc(Cl)c1C(=O)CCc1ccccc1. The van der Waals surface area contributed by atoms with Gasteiger partial charge >= 0.3 is 0 Å². The number of ketones is 1. The van der Waals surface area contributed by atoms with Crippen molar-refractivity contribution in [1.82, 2.24) is 4.98 Å². The van der Waals surface area contributed by atoms with E-state index in [-0.39, 0.29) is 10.9 Å². The molecule has 0 saturated heterocycles. The number of pyridine rings is 1. The van der Waals surface area contributed by atoms with Gasteiger partial charge in [0.1, 0.15) is 5.15 Å². The molecule has 0 aliphatic rings. The van der Waals surface area contributed by atoms with Crippen LogP contribution in [0.4, 0.5) is 5.69 Å². The topological polar surface area (TPSA) is 56.0 Å². The van der Waals surface area contributed by atoms with Crippen LogP contribution in [0.1, 0.15) is 22.3 Å². The first-order valence-corrected chi connectivity index (χ1v) is 6.03. The van der Waals surface area contributed by atoms with E-state index < -0.39 is 0 Å². The maximum atomic E-state index is 12.1. The number of hydrogen-bond donors (Lipinski definition) is 1. The lowest BCUT2D eigenvalue weighted by molar-refractivity contribution is 0.0983. The maximum absolute atomic E-state index is 12.1. The molecule has 0 unspecified atom stereocenters. The molecule has 1 aromatic heterocycles. The zero-order valence-corrected chi connectivity index (χ0v) is 10.5. The van der Waals surface area contributed by atoms with Gasteiger partial charge in [-0.1, -0.05) is 41.9 Å². The van der Waals surface area contributed by atoms with Crippen LogP contribution in [0.5, 0.6) is 0 Å². The lowest BCUT2D eigenvalue weighted by atomic mass is 10.0. The molecular formula is C14H13ClN2O. The van der Waals surface area contributed by atoms with Crippen molar-refractivity contribution >= 4 is 23.1 Å². The molecule has 0 spiro atoms. The second-order valence-corrected chi connectivity index (χ2v) is 4.33. The van der Waals surface area contributed by atoms with E-state index in [9.17, 15) is 4.79 Å². The maximum Gasteiger partial charge on any atom is 0.168 e. The zero-order valence-electron chi connectivity index (χ0n) is 9.77. The van der Waals surface area contributed by atoms with Crippen molar-refractivity contribution in [3.05, 3.63) is 58.9 Å². The fourth-order valence-corrected chi connectivity index (χ4v) is 2.02. The number of benzene rings is 1. The minimum Gasteiger partial charge on any atom is -0.398 e. The molecule has 0 atom stereocenters. The van der Waals surface area contributed by atoms with E-state index in [0.29, 0.717) is 24.1 Å². The number of halogens is 1. The molecule has 2 N–H and O–H groups in total. The van der Waals surface area contributed by atoms with Gasteiger partial charge in [-0.15, -0.1) is 0 Å². The summed E-state index contributed by atoms with van der Waals surface area (Å²) in [5.41, 5.74) is 7.57. The Morgan fingerprint density at radius 1 is 1.22 bits per heavy atom. The molecule has 0 saturated carbocycles. The Morgan fingerprint density at radius 3 is 2.61 bits per heavy atom. The molecule has 18 heavy (non-hydrogen) atoms. The normalized spacial score (nSPS) is 10.3. The van der Waals surface area contributed by atoms with Crippen molar-refractivity contribution < 1.29 is 4.79 Å². The standard InChI is InChI=1S/C14H13ClN2O/c15-14-13(11(16)8-9-17-14)12(18)7-6-10-4-2-1-3-5-10/h1-5,8-9H,6-7H2,(H2,16,17). The highest BCUT2D eigenvalue weighted by Gasteiger charge is 2.14. The molecule has 0 fully saturated rings. The lowest BCUT2D eigenvalue weighted by Crippen LogP contribution is -2.07. The van der Waals surface area contributed by atoms with E-state index in [4.69, 9.17) is 17.3 Å². The molecule has 92 valence electrons. The number of anilines is 1. The summed E-state index contributed by atoms with van der Waals surface area (Å²) < 4.78 is 0. The summed E-state index contributed by atoms with van der Waals surface area (Å²) in [4.78, 5) is 15.9. The first-order valence-electron chi connectivity index (χ1n) is 5.65. The largest absolute Gasteiger partial charge is 0.398 e. The molecule has 3 nitrogen and oxygen atoms in total. The fourth-order valence-electron chi connectivity index (χ4n) is 1.75. The lowest BCUT2D eigenvalue weighted by Gasteiger charge is -2.06. The molecule has 2 rings (SSSR count). The van der Waals surface area contributed by atoms with Crippen LogP contribution < -0.4 is 5.73 Å². The smallest absolute Gasteiger partial charge is 0.168 e. The summed E-state index contributed by atoms with van der Waals surface area (Å²) in [6.45, 7) is 0. The number of Topliss-reactive ketones (excluding diaryl/α,β-unsaturated/α-hetero) is 1. The van der Waals surface area contributed by atoms with E-state index in [1.54, 1.807) is 6.07 Å². The summed E-state index contributed by atoms with van der Waals surface area (Å²) >= 11 is 5.89. The molecule has 0 amide bonds. The Hall–Kier alpha value is -1.87. The number of rotatable bonds is 4. The number of aryl methyl sites for hydroxylation is 1. The summed E-state index contributed by atoms with van der Waals surface area (Å²) in [7, 11) is 0. The third kappa shape index (κ3) is 2.87. The third-order valence-corrected chi connectivity index (χ3v) is 2.99. The first-order chi connectivity index (χ1) is 8.68. The van der Waals surface area contributed by atoms with Crippen molar-refractivity contribution in [2.24, 2.45) is 0 Å². The van der Waals surface area contributed by atoms with Gasteiger partial charge in [-0.05, 0) is 18.1 Å². The highest BCUT2D eigenvalue weighted by atomic mass is 35.5. The van der Waals surface area contributed by atoms with Crippen molar-refractivity contribution in [2.75, 3.05) is 5.73 Å². The highest BCUT2D eigenvalue weighted by molar-refractivity contribution is 6.33. The monoisotopic (exact) mass is 260 g/mol. The predicted molar refractivity (Wildman–Crippen MR) is 72.8 cm³/mol. The van der Waals surface area contributed by atoms with Crippen molar-refractivity contribution in [3.63, 3.8) is 0 Å². The molecule has 0 aliphatic carbocycles. The number of nitrogens with zero attached hydrogens (tertiary/aromatic N) is 1. The van der Waals surface area contributed by atoms with Gasteiger partial charge < -0.3 is 5.73 Å². The van der Waals surface area contributed by atoms with E-state index in [2.05, 4.69) is 4.98 Å². The molecule has 4 heteroatoms. The number of nitrogens with two attached hydrogens (primary N) is 1. The summed E-state index contributed by atoms with van der Waals surface area (Å²) in [5.74, 6) is -0.0746. The Labute approximate surface area is 111 Å². The Kier molecular flexibility index (Phi) is 3.95. The van der Waals surface area contributed by atoms with Crippen LogP contribution in [0.25, 0.3) is 0 Å². The zero-order chi connectivity index (χ0) is 13.0. The minimum atomic E-state index is -0.0746. The van der Waals surface area contributed by atoms with Gasteiger partial charge in [0, 0.05) is 18.3 Å². The molecule has 0 bridgehead atoms. The van der Waals surface area contributed by atoms with E-state index >= 15 is 0 Å². The molecule has 0 aliphatic heterocycles. The summed E-state index contributed by atoms with van der Waals surface area (Å²) in [5, 5.41) is 0.174. The fraction of sp³-hybridized carbons (Fsp3) is 0.143. The predicted octanol–water partition coefficient (Wildman–Crippen LogP) is 3.13. The highest BCUT2D eigenvalue weighted by Crippen LogP contribution is 2.21.